The summed E-state index contributed by atoms with van der Waals surface area (Å²) in [6.07, 6.45) is 3.78. The SMILES string of the molecule is COc1ccc(C)cc1NC(=O)C1CCCN(C(=O)NC2CC2)C1. The highest BCUT2D eigenvalue weighted by molar-refractivity contribution is 5.94. The van der Waals surface area contributed by atoms with E-state index < -0.39 is 0 Å². The molecule has 3 amide bonds. The van der Waals surface area contributed by atoms with Gasteiger partial charge in [-0.05, 0) is 50.3 Å². The number of anilines is 1. The van der Waals surface area contributed by atoms with E-state index in [4.69, 9.17) is 4.74 Å². The van der Waals surface area contributed by atoms with Crippen molar-refractivity contribution in [3.8, 4) is 5.75 Å². The minimum Gasteiger partial charge on any atom is -0.495 e. The van der Waals surface area contributed by atoms with Crippen molar-refractivity contribution in [3.63, 3.8) is 0 Å². The van der Waals surface area contributed by atoms with E-state index in [2.05, 4.69) is 10.6 Å². The topological polar surface area (TPSA) is 70.7 Å². The molecule has 1 aliphatic carbocycles. The molecule has 1 atom stereocenters. The van der Waals surface area contributed by atoms with Crippen LogP contribution >= 0.6 is 0 Å². The summed E-state index contributed by atoms with van der Waals surface area (Å²) in [6.45, 7) is 3.16. The zero-order chi connectivity index (χ0) is 17.1. The molecule has 0 radical (unpaired) electrons. The lowest BCUT2D eigenvalue weighted by Gasteiger charge is -2.32. The van der Waals surface area contributed by atoms with Crippen molar-refractivity contribution in [3.05, 3.63) is 23.8 Å². The number of nitrogens with zero attached hydrogens (tertiary/aromatic N) is 1. The lowest BCUT2D eigenvalue weighted by molar-refractivity contribution is -0.121. The summed E-state index contributed by atoms with van der Waals surface area (Å²) in [5.41, 5.74) is 1.74. The number of hydrogen-bond acceptors (Lipinski definition) is 3. The maximum absolute atomic E-state index is 12.6. The van der Waals surface area contributed by atoms with Gasteiger partial charge in [-0.1, -0.05) is 6.07 Å². The quantitative estimate of drug-likeness (QED) is 0.890. The smallest absolute Gasteiger partial charge is 0.317 e. The Morgan fingerprint density at radius 1 is 1.25 bits per heavy atom. The van der Waals surface area contributed by atoms with Crippen LogP contribution in [0.3, 0.4) is 0 Å². The van der Waals surface area contributed by atoms with Crippen LogP contribution in [0.5, 0.6) is 5.75 Å². The summed E-state index contributed by atoms with van der Waals surface area (Å²) in [7, 11) is 1.59. The summed E-state index contributed by atoms with van der Waals surface area (Å²) >= 11 is 0. The van der Waals surface area contributed by atoms with Crippen molar-refractivity contribution in [1.29, 1.82) is 0 Å². The average molecular weight is 331 g/mol. The number of ether oxygens (including phenoxy) is 1. The van der Waals surface area contributed by atoms with Crippen LogP contribution in [0.2, 0.25) is 0 Å². The molecule has 6 nitrogen and oxygen atoms in total. The fraction of sp³-hybridized carbons (Fsp3) is 0.556. The van der Waals surface area contributed by atoms with Crippen molar-refractivity contribution in [2.24, 2.45) is 5.92 Å². The van der Waals surface area contributed by atoms with Gasteiger partial charge in [-0.3, -0.25) is 4.79 Å². The molecule has 1 heterocycles. The highest BCUT2D eigenvalue weighted by Gasteiger charge is 2.31. The Kier molecular flexibility index (Phi) is 4.92. The number of methoxy groups -OCH3 is 1. The number of urea groups is 1. The number of aryl methyl sites for hydroxylation is 1. The lowest BCUT2D eigenvalue weighted by atomic mass is 9.97. The van der Waals surface area contributed by atoms with Crippen LogP contribution in [0.15, 0.2) is 18.2 Å². The number of nitrogens with one attached hydrogen (secondary N) is 2. The first kappa shape index (κ1) is 16.6. The molecule has 0 spiro atoms. The third-order valence-corrected chi connectivity index (χ3v) is 4.60. The Morgan fingerprint density at radius 2 is 2.04 bits per heavy atom. The molecule has 1 unspecified atom stereocenters. The van der Waals surface area contributed by atoms with Gasteiger partial charge in [-0.2, -0.15) is 0 Å². The molecule has 0 bridgehead atoms. The standard InChI is InChI=1S/C18H25N3O3/c1-12-5-8-16(24-2)15(10-12)20-17(22)13-4-3-9-21(11-13)18(23)19-14-6-7-14/h5,8,10,13-14H,3-4,6-7,9,11H2,1-2H3,(H,19,23)(H,20,22). The van der Waals surface area contributed by atoms with E-state index in [0.717, 1.165) is 37.8 Å². The van der Waals surface area contributed by atoms with Gasteiger partial charge in [-0.25, -0.2) is 4.79 Å². The molecule has 24 heavy (non-hydrogen) atoms. The molecular weight excluding hydrogens is 306 g/mol. The highest BCUT2D eigenvalue weighted by atomic mass is 16.5. The minimum absolute atomic E-state index is 0.0388. The van der Waals surface area contributed by atoms with Gasteiger partial charge < -0.3 is 20.3 Å². The van der Waals surface area contributed by atoms with Crippen LogP contribution in [-0.4, -0.2) is 43.1 Å². The molecule has 2 fully saturated rings. The normalized spacial score (nSPS) is 20.4. The average Bonchev–Trinajstić information content (AvgIpc) is 3.39. The van der Waals surface area contributed by atoms with Crippen LogP contribution in [0, 0.1) is 12.8 Å². The molecule has 1 aromatic rings. The van der Waals surface area contributed by atoms with E-state index in [1.807, 2.05) is 25.1 Å². The number of carbonyl (C=O) groups excluding carboxylic acids is 2. The fourth-order valence-electron chi connectivity index (χ4n) is 3.02. The van der Waals surface area contributed by atoms with Crippen LogP contribution in [0.1, 0.15) is 31.2 Å². The number of rotatable bonds is 4. The third kappa shape index (κ3) is 3.99. The van der Waals surface area contributed by atoms with Gasteiger partial charge in [-0.15, -0.1) is 0 Å². The Bertz CT molecular complexity index is 628. The number of benzene rings is 1. The van der Waals surface area contributed by atoms with Gasteiger partial charge in [0.1, 0.15) is 5.75 Å². The molecule has 1 aromatic carbocycles. The minimum atomic E-state index is -0.186. The molecule has 130 valence electrons. The highest BCUT2D eigenvalue weighted by Crippen LogP contribution is 2.27. The summed E-state index contributed by atoms with van der Waals surface area (Å²) in [4.78, 5) is 26.6. The van der Waals surface area contributed by atoms with Crippen LogP contribution < -0.4 is 15.4 Å². The van der Waals surface area contributed by atoms with Crippen LogP contribution in [-0.2, 0) is 4.79 Å². The number of hydrogen-bond donors (Lipinski definition) is 2. The van der Waals surface area contributed by atoms with Crippen LogP contribution in [0.4, 0.5) is 10.5 Å². The van der Waals surface area contributed by atoms with Crippen molar-refractivity contribution in [2.75, 3.05) is 25.5 Å². The van der Waals surface area contributed by atoms with Crippen molar-refractivity contribution in [1.82, 2.24) is 10.2 Å². The first-order valence-corrected chi connectivity index (χ1v) is 8.58. The van der Waals surface area contributed by atoms with Gasteiger partial charge >= 0.3 is 6.03 Å². The Hall–Kier alpha value is -2.24. The Labute approximate surface area is 142 Å². The monoisotopic (exact) mass is 331 g/mol. The maximum atomic E-state index is 12.6. The Morgan fingerprint density at radius 3 is 2.75 bits per heavy atom. The summed E-state index contributed by atoms with van der Waals surface area (Å²) in [6, 6.07) is 5.99. The van der Waals surface area contributed by atoms with E-state index in [9.17, 15) is 9.59 Å². The van der Waals surface area contributed by atoms with Crippen molar-refractivity contribution < 1.29 is 14.3 Å². The molecule has 2 aliphatic rings. The second kappa shape index (κ2) is 7.11. The van der Waals surface area contributed by atoms with Gasteiger partial charge in [0.15, 0.2) is 0 Å². The number of piperidine rings is 1. The molecule has 0 aromatic heterocycles. The molecule has 1 aliphatic heterocycles. The van der Waals surface area contributed by atoms with Crippen molar-refractivity contribution in [2.45, 2.75) is 38.6 Å². The molecule has 6 heteroatoms. The van der Waals surface area contributed by atoms with E-state index in [1.165, 1.54) is 0 Å². The fourth-order valence-corrected chi connectivity index (χ4v) is 3.02. The first-order valence-electron chi connectivity index (χ1n) is 8.58. The third-order valence-electron chi connectivity index (χ3n) is 4.60. The number of amides is 3. The number of likely N-dealkylation sites (tertiary alicyclic amines) is 1. The largest absolute Gasteiger partial charge is 0.495 e. The first-order chi connectivity index (χ1) is 11.6. The van der Waals surface area contributed by atoms with Gasteiger partial charge in [0, 0.05) is 19.1 Å². The second-order valence-corrected chi connectivity index (χ2v) is 6.70. The summed E-state index contributed by atoms with van der Waals surface area (Å²) in [5.74, 6) is 0.407. The van der Waals surface area contributed by atoms with E-state index >= 15 is 0 Å². The molecular formula is C18H25N3O3. The second-order valence-electron chi connectivity index (χ2n) is 6.70. The number of carbonyl (C=O) groups is 2. The predicted octanol–water partition coefficient (Wildman–Crippen LogP) is 2.53. The zero-order valence-corrected chi connectivity index (χ0v) is 14.3. The molecule has 1 saturated carbocycles. The van der Waals surface area contributed by atoms with Crippen molar-refractivity contribution >= 4 is 17.6 Å². The summed E-state index contributed by atoms with van der Waals surface area (Å²) in [5, 5.41) is 5.96. The van der Waals surface area contributed by atoms with Gasteiger partial charge in [0.25, 0.3) is 0 Å². The van der Waals surface area contributed by atoms with Crippen LogP contribution in [0.25, 0.3) is 0 Å². The predicted molar refractivity (Wildman–Crippen MR) is 92.2 cm³/mol. The van der Waals surface area contributed by atoms with E-state index in [1.54, 1.807) is 12.0 Å². The van der Waals surface area contributed by atoms with E-state index in [-0.39, 0.29) is 17.9 Å². The van der Waals surface area contributed by atoms with Gasteiger partial charge in [0.05, 0.1) is 18.7 Å². The Balaban J connectivity index is 1.61. The summed E-state index contributed by atoms with van der Waals surface area (Å²) < 4.78 is 5.31. The van der Waals surface area contributed by atoms with E-state index in [0.29, 0.717) is 24.0 Å². The molecule has 1 saturated heterocycles. The maximum Gasteiger partial charge on any atom is 0.317 e. The zero-order valence-electron chi connectivity index (χ0n) is 14.3. The molecule has 2 N–H and O–H groups in total. The lowest BCUT2D eigenvalue weighted by Crippen LogP contribution is -2.48. The molecule has 3 rings (SSSR count). The van der Waals surface area contributed by atoms with Gasteiger partial charge in [0.2, 0.25) is 5.91 Å².